The van der Waals surface area contributed by atoms with Crippen LogP contribution in [0.5, 0.6) is 0 Å². The number of carbonyl (C=O) groups excluding carboxylic acids is 1. The van der Waals surface area contributed by atoms with Crippen LogP contribution in [0, 0.1) is 6.92 Å². The van der Waals surface area contributed by atoms with Gasteiger partial charge in [0.05, 0.1) is 0 Å². The van der Waals surface area contributed by atoms with Crippen LogP contribution in [0.25, 0.3) is 0 Å². The largest absolute Gasteiger partial charge is 0.480 e. The van der Waals surface area contributed by atoms with Crippen LogP contribution in [0.4, 0.5) is 4.79 Å². The van der Waals surface area contributed by atoms with E-state index in [1.807, 2.05) is 49.4 Å². The maximum absolute atomic E-state index is 12.1. The topological polar surface area (TPSA) is 79.7 Å². The second kappa shape index (κ2) is 8.10. The molecule has 0 fully saturated rings. The zero-order valence-electron chi connectivity index (χ0n) is 13.7. The van der Waals surface area contributed by atoms with Gasteiger partial charge in [0, 0.05) is 24.9 Å². The highest BCUT2D eigenvalue weighted by atomic mass is 16.6. The average molecular weight is 328 g/mol. The van der Waals surface area contributed by atoms with Crippen LogP contribution in [0.3, 0.4) is 0 Å². The molecule has 2 rings (SSSR count). The van der Waals surface area contributed by atoms with Crippen LogP contribution in [-0.4, -0.2) is 40.1 Å². The van der Waals surface area contributed by atoms with Gasteiger partial charge in [-0.1, -0.05) is 36.4 Å². The lowest BCUT2D eigenvalue weighted by atomic mass is 10.1. The predicted octanol–water partition coefficient (Wildman–Crippen LogP) is 2.65. The summed E-state index contributed by atoms with van der Waals surface area (Å²) in [5, 5.41) is 9.43. The number of likely N-dealkylation sites (N-methyl/N-ethyl adjacent to an activating group) is 1. The zero-order valence-corrected chi connectivity index (χ0v) is 13.7. The van der Waals surface area contributed by atoms with Crippen molar-refractivity contribution in [2.24, 2.45) is 0 Å². The molecule has 1 aromatic heterocycles. The molecule has 0 bridgehead atoms. The molecule has 1 aromatic carbocycles. The first-order chi connectivity index (χ1) is 11.5. The first-order valence-electron chi connectivity index (χ1n) is 7.56. The van der Waals surface area contributed by atoms with Crippen molar-refractivity contribution in [2.45, 2.75) is 26.0 Å². The summed E-state index contributed by atoms with van der Waals surface area (Å²) in [5.74, 6) is -1.10. The Labute approximate surface area is 140 Å². The Morgan fingerprint density at radius 1 is 1.17 bits per heavy atom. The predicted molar refractivity (Wildman–Crippen MR) is 88.5 cm³/mol. The first-order valence-corrected chi connectivity index (χ1v) is 7.56. The van der Waals surface area contributed by atoms with Gasteiger partial charge in [-0.05, 0) is 24.6 Å². The van der Waals surface area contributed by atoms with Crippen LogP contribution >= 0.6 is 0 Å². The molecule has 0 aliphatic rings. The fraction of sp³-hybridized carbons (Fsp3) is 0.278. The summed E-state index contributed by atoms with van der Waals surface area (Å²) < 4.78 is 5.19. The summed E-state index contributed by atoms with van der Waals surface area (Å²) in [6.07, 6.45) is -0.563. The zero-order chi connectivity index (χ0) is 17.5. The van der Waals surface area contributed by atoms with Gasteiger partial charge in [0.25, 0.3) is 0 Å². The molecule has 1 amide bonds. The number of aryl methyl sites for hydroxylation is 1. The molecule has 0 aliphatic carbocycles. The smallest absolute Gasteiger partial charge is 0.410 e. The number of aliphatic carboxylic acids is 1. The van der Waals surface area contributed by atoms with E-state index in [0.29, 0.717) is 5.69 Å². The van der Waals surface area contributed by atoms with E-state index in [-0.39, 0.29) is 13.0 Å². The molecule has 0 spiro atoms. The number of rotatable bonds is 6. The third-order valence-electron chi connectivity index (χ3n) is 3.59. The van der Waals surface area contributed by atoms with Crippen molar-refractivity contribution in [1.29, 1.82) is 0 Å². The number of carboxylic acid groups (broad SMARTS) is 1. The minimum atomic E-state index is -1.10. The Balaban J connectivity index is 2.01. The number of hydrogen-bond donors (Lipinski definition) is 1. The molecule has 6 heteroatoms. The molecule has 24 heavy (non-hydrogen) atoms. The number of benzene rings is 1. The summed E-state index contributed by atoms with van der Waals surface area (Å²) in [6.45, 7) is 1.93. The lowest BCUT2D eigenvalue weighted by molar-refractivity contribution is -0.142. The maximum atomic E-state index is 12.1. The van der Waals surface area contributed by atoms with Crippen LogP contribution in [-0.2, 0) is 22.6 Å². The summed E-state index contributed by atoms with van der Waals surface area (Å²) in [5.41, 5.74) is 2.25. The van der Waals surface area contributed by atoms with Crippen molar-refractivity contribution in [2.75, 3.05) is 7.05 Å². The minimum Gasteiger partial charge on any atom is -0.480 e. The van der Waals surface area contributed by atoms with Gasteiger partial charge in [0.2, 0.25) is 0 Å². The fourth-order valence-corrected chi connectivity index (χ4v) is 2.25. The molecule has 0 aliphatic heterocycles. The Morgan fingerprint density at radius 3 is 2.50 bits per heavy atom. The van der Waals surface area contributed by atoms with Crippen molar-refractivity contribution < 1.29 is 19.4 Å². The fourth-order valence-electron chi connectivity index (χ4n) is 2.25. The Hall–Kier alpha value is -2.89. The molecular formula is C18H20N2O4. The minimum absolute atomic E-state index is 0.0963. The standard InChI is InChI=1S/C18H20N2O4/c1-13-7-6-10-15(19-13)11-16(17(21)22)20(2)18(23)24-12-14-8-4-3-5-9-14/h3-10,16H,11-12H2,1-2H3,(H,21,22)/t16-/m0/s1. The quantitative estimate of drug-likeness (QED) is 0.882. The summed E-state index contributed by atoms with van der Waals surface area (Å²) in [4.78, 5) is 29.1. The van der Waals surface area contributed by atoms with Gasteiger partial charge in [-0.2, -0.15) is 0 Å². The lowest BCUT2D eigenvalue weighted by Crippen LogP contribution is -2.44. The summed E-state index contributed by atoms with van der Waals surface area (Å²) in [7, 11) is 1.42. The Bertz CT molecular complexity index is 703. The molecule has 0 saturated heterocycles. The SMILES string of the molecule is Cc1cccc(C[C@@H](C(=O)O)N(C)C(=O)OCc2ccccc2)n1. The van der Waals surface area contributed by atoms with E-state index in [4.69, 9.17) is 4.74 Å². The maximum Gasteiger partial charge on any atom is 0.410 e. The molecule has 0 unspecified atom stereocenters. The van der Waals surface area contributed by atoms with Crippen LogP contribution < -0.4 is 0 Å². The normalized spacial score (nSPS) is 11.6. The van der Waals surface area contributed by atoms with Crippen molar-refractivity contribution in [3.8, 4) is 0 Å². The molecular weight excluding hydrogens is 308 g/mol. The van der Waals surface area contributed by atoms with Crippen LogP contribution in [0.1, 0.15) is 17.0 Å². The van der Waals surface area contributed by atoms with Gasteiger partial charge < -0.3 is 9.84 Å². The first kappa shape index (κ1) is 17.5. The third kappa shape index (κ3) is 4.81. The molecule has 0 radical (unpaired) electrons. The number of nitrogens with zero attached hydrogens (tertiary/aromatic N) is 2. The number of aromatic nitrogens is 1. The molecule has 1 atom stereocenters. The number of carbonyl (C=O) groups is 2. The Morgan fingerprint density at radius 2 is 1.88 bits per heavy atom. The van der Waals surface area contributed by atoms with Gasteiger partial charge >= 0.3 is 12.1 Å². The highest BCUT2D eigenvalue weighted by molar-refractivity contribution is 5.80. The molecule has 1 heterocycles. The lowest BCUT2D eigenvalue weighted by Gasteiger charge is -2.24. The van der Waals surface area contributed by atoms with E-state index < -0.39 is 18.1 Å². The van der Waals surface area contributed by atoms with Crippen molar-refractivity contribution in [3.63, 3.8) is 0 Å². The van der Waals surface area contributed by atoms with E-state index in [0.717, 1.165) is 16.2 Å². The van der Waals surface area contributed by atoms with Gasteiger partial charge in [-0.3, -0.25) is 9.88 Å². The molecule has 2 aromatic rings. The number of hydrogen-bond acceptors (Lipinski definition) is 4. The molecule has 1 N–H and O–H groups in total. The van der Waals surface area contributed by atoms with Crippen molar-refractivity contribution in [1.82, 2.24) is 9.88 Å². The Kier molecular flexibility index (Phi) is 5.89. The number of ether oxygens (including phenoxy) is 1. The van der Waals surface area contributed by atoms with Gasteiger partial charge in [0.1, 0.15) is 12.6 Å². The van der Waals surface area contributed by atoms with Crippen molar-refractivity contribution in [3.05, 3.63) is 65.5 Å². The van der Waals surface area contributed by atoms with Gasteiger partial charge in [-0.25, -0.2) is 9.59 Å². The summed E-state index contributed by atoms with van der Waals surface area (Å²) >= 11 is 0. The second-order valence-corrected chi connectivity index (χ2v) is 5.48. The number of carboxylic acids is 1. The van der Waals surface area contributed by atoms with Crippen molar-refractivity contribution >= 4 is 12.1 Å². The van der Waals surface area contributed by atoms with Crippen LogP contribution in [0.15, 0.2) is 48.5 Å². The number of pyridine rings is 1. The van der Waals surface area contributed by atoms with E-state index >= 15 is 0 Å². The average Bonchev–Trinajstić information content (AvgIpc) is 2.57. The summed E-state index contributed by atoms with van der Waals surface area (Å²) in [6, 6.07) is 13.6. The third-order valence-corrected chi connectivity index (χ3v) is 3.59. The van der Waals surface area contributed by atoms with E-state index in [9.17, 15) is 14.7 Å². The highest BCUT2D eigenvalue weighted by Crippen LogP contribution is 2.10. The highest BCUT2D eigenvalue weighted by Gasteiger charge is 2.28. The van der Waals surface area contributed by atoms with E-state index in [1.54, 1.807) is 6.07 Å². The van der Waals surface area contributed by atoms with E-state index in [2.05, 4.69) is 4.98 Å². The second-order valence-electron chi connectivity index (χ2n) is 5.48. The van der Waals surface area contributed by atoms with Gasteiger partial charge in [-0.15, -0.1) is 0 Å². The monoisotopic (exact) mass is 328 g/mol. The van der Waals surface area contributed by atoms with E-state index in [1.165, 1.54) is 7.05 Å². The van der Waals surface area contributed by atoms with Gasteiger partial charge in [0.15, 0.2) is 0 Å². The number of amides is 1. The van der Waals surface area contributed by atoms with Crippen LogP contribution in [0.2, 0.25) is 0 Å². The molecule has 0 saturated carbocycles. The molecule has 126 valence electrons. The molecule has 6 nitrogen and oxygen atoms in total.